The van der Waals surface area contributed by atoms with E-state index in [0.717, 1.165) is 0 Å². The van der Waals surface area contributed by atoms with Gasteiger partial charge in [-0.3, -0.25) is 9.59 Å². The Morgan fingerprint density at radius 1 is 1.32 bits per heavy atom. The summed E-state index contributed by atoms with van der Waals surface area (Å²) in [7, 11) is 1.54. The third kappa shape index (κ3) is 4.97. The molecule has 2 amide bonds. The van der Waals surface area contributed by atoms with Crippen LogP contribution in [0.25, 0.3) is 0 Å². The number of benzene rings is 1. The highest BCUT2D eigenvalue weighted by molar-refractivity contribution is 5.96. The summed E-state index contributed by atoms with van der Waals surface area (Å²) in [5, 5.41) is 14.5. The van der Waals surface area contributed by atoms with E-state index in [-0.39, 0.29) is 18.2 Å². The summed E-state index contributed by atoms with van der Waals surface area (Å²) in [5.74, 6) is -0.642. The smallest absolute Gasteiger partial charge is 0.251 e. The van der Waals surface area contributed by atoms with E-state index in [2.05, 4.69) is 10.6 Å². The maximum absolute atomic E-state index is 11.7. The van der Waals surface area contributed by atoms with Crippen LogP contribution in [0.4, 0.5) is 0 Å². The molecule has 0 aliphatic rings. The number of nitrogens with one attached hydrogen (secondary N) is 2. The zero-order valence-electron chi connectivity index (χ0n) is 11.0. The van der Waals surface area contributed by atoms with Gasteiger partial charge in [0.2, 0.25) is 5.91 Å². The summed E-state index contributed by atoms with van der Waals surface area (Å²) >= 11 is 0. The maximum Gasteiger partial charge on any atom is 0.251 e. The van der Waals surface area contributed by atoms with Crippen LogP contribution in [0.2, 0.25) is 0 Å². The van der Waals surface area contributed by atoms with E-state index in [0.29, 0.717) is 24.3 Å². The van der Waals surface area contributed by atoms with Crippen LogP contribution in [0.3, 0.4) is 0 Å². The summed E-state index contributed by atoms with van der Waals surface area (Å²) in [6, 6.07) is 4.60. The highest BCUT2D eigenvalue weighted by atomic mass is 16.5. The molecule has 0 heterocycles. The molecule has 0 saturated carbocycles. The van der Waals surface area contributed by atoms with E-state index in [1.54, 1.807) is 19.1 Å². The van der Waals surface area contributed by atoms with E-state index >= 15 is 0 Å². The first-order valence-corrected chi connectivity index (χ1v) is 5.88. The van der Waals surface area contributed by atoms with Crippen molar-refractivity contribution in [3.63, 3.8) is 0 Å². The first-order chi connectivity index (χ1) is 9.04. The van der Waals surface area contributed by atoms with Gasteiger partial charge in [0.25, 0.3) is 5.91 Å². The molecule has 0 unspecified atom stereocenters. The van der Waals surface area contributed by atoms with Crippen molar-refractivity contribution in [2.75, 3.05) is 26.8 Å². The van der Waals surface area contributed by atoms with E-state index in [9.17, 15) is 14.7 Å². The third-order valence-electron chi connectivity index (χ3n) is 2.51. The number of aryl methyl sites for hydroxylation is 1. The minimum Gasteiger partial charge on any atom is -0.508 e. The predicted octanol–water partition coefficient (Wildman–Crippen LogP) is 0.193. The van der Waals surface area contributed by atoms with Gasteiger partial charge in [-0.2, -0.15) is 0 Å². The fourth-order valence-electron chi connectivity index (χ4n) is 1.37. The van der Waals surface area contributed by atoms with E-state index in [1.807, 2.05) is 0 Å². The van der Waals surface area contributed by atoms with Crippen LogP contribution in [-0.4, -0.2) is 43.7 Å². The topological polar surface area (TPSA) is 87.7 Å². The predicted molar refractivity (Wildman–Crippen MR) is 70.1 cm³/mol. The first kappa shape index (κ1) is 15.0. The molecule has 6 nitrogen and oxygen atoms in total. The Hall–Kier alpha value is -2.08. The zero-order valence-corrected chi connectivity index (χ0v) is 11.0. The van der Waals surface area contributed by atoms with Crippen LogP contribution in [0, 0.1) is 6.92 Å². The van der Waals surface area contributed by atoms with Crippen molar-refractivity contribution >= 4 is 11.8 Å². The summed E-state index contributed by atoms with van der Waals surface area (Å²) in [6.45, 7) is 2.44. The first-order valence-electron chi connectivity index (χ1n) is 5.88. The molecular weight excluding hydrogens is 248 g/mol. The highest BCUT2D eigenvalue weighted by Gasteiger charge is 2.09. The van der Waals surface area contributed by atoms with Gasteiger partial charge in [0.1, 0.15) is 5.75 Å². The average molecular weight is 266 g/mol. The molecule has 1 rings (SSSR count). The average Bonchev–Trinajstić information content (AvgIpc) is 2.39. The van der Waals surface area contributed by atoms with E-state index < -0.39 is 5.91 Å². The molecule has 0 aliphatic heterocycles. The second-order valence-electron chi connectivity index (χ2n) is 4.03. The summed E-state index contributed by atoms with van der Waals surface area (Å²) in [4.78, 5) is 23.1. The van der Waals surface area contributed by atoms with Crippen molar-refractivity contribution in [3.8, 4) is 5.75 Å². The van der Waals surface area contributed by atoms with Gasteiger partial charge in [0, 0.05) is 19.2 Å². The lowest BCUT2D eigenvalue weighted by Crippen LogP contribution is -2.38. The van der Waals surface area contributed by atoms with Crippen LogP contribution in [0.15, 0.2) is 18.2 Å². The van der Waals surface area contributed by atoms with Gasteiger partial charge < -0.3 is 20.5 Å². The fraction of sp³-hybridized carbons (Fsp3) is 0.385. The van der Waals surface area contributed by atoms with E-state index in [4.69, 9.17) is 4.74 Å². The molecule has 0 aromatic heterocycles. The van der Waals surface area contributed by atoms with Crippen LogP contribution in [-0.2, 0) is 9.53 Å². The van der Waals surface area contributed by atoms with Crippen molar-refractivity contribution in [1.29, 1.82) is 0 Å². The lowest BCUT2D eigenvalue weighted by Gasteiger charge is -2.07. The summed E-state index contributed by atoms with van der Waals surface area (Å²) in [5.41, 5.74) is 1.00. The fourth-order valence-corrected chi connectivity index (χ4v) is 1.37. The number of aromatic hydroxyl groups is 1. The maximum atomic E-state index is 11.7. The number of amides is 2. The molecule has 19 heavy (non-hydrogen) atoms. The minimum atomic E-state index is -0.405. The number of carbonyl (C=O) groups excluding carboxylic acids is 2. The number of hydrogen-bond acceptors (Lipinski definition) is 4. The minimum absolute atomic E-state index is 0.0530. The van der Waals surface area contributed by atoms with Crippen molar-refractivity contribution in [2.24, 2.45) is 0 Å². The SMILES string of the molecule is COCCNC(=O)CNC(=O)c1ccc(C)c(O)c1. The molecule has 104 valence electrons. The number of rotatable bonds is 6. The molecule has 3 N–H and O–H groups in total. The molecule has 0 atom stereocenters. The molecular formula is C13H18N2O4. The number of ether oxygens (including phenoxy) is 1. The van der Waals surface area contributed by atoms with Crippen molar-refractivity contribution < 1.29 is 19.4 Å². The molecule has 0 spiro atoms. The Morgan fingerprint density at radius 2 is 2.05 bits per heavy atom. The van der Waals surface area contributed by atoms with Crippen LogP contribution in [0.1, 0.15) is 15.9 Å². The number of phenols is 1. The Bertz CT molecular complexity index is 460. The van der Waals surface area contributed by atoms with Crippen LogP contribution >= 0.6 is 0 Å². The lowest BCUT2D eigenvalue weighted by atomic mass is 10.1. The highest BCUT2D eigenvalue weighted by Crippen LogP contribution is 2.17. The normalized spacial score (nSPS) is 10.0. The summed E-state index contributed by atoms with van der Waals surface area (Å²) < 4.78 is 4.78. The summed E-state index contributed by atoms with van der Waals surface area (Å²) in [6.07, 6.45) is 0. The Kier molecular flexibility index (Phi) is 5.81. The van der Waals surface area contributed by atoms with Crippen LogP contribution in [0.5, 0.6) is 5.75 Å². The standard InChI is InChI=1S/C13H18N2O4/c1-9-3-4-10(7-11(9)16)13(18)15-8-12(17)14-5-6-19-2/h3-4,7,16H,5-6,8H2,1-2H3,(H,14,17)(H,15,18). The lowest BCUT2D eigenvalue weighted by molar-refractivity contribution is -0.120. The van der Waals surface area contributed by atoms with Gasteiger partial charge in [-0.1, -0.05) is 6.07 Å². The molecule has 0 radical (unpaired) electrons. The van der Waals surface area contributed by atoms with Gasteiger partial charge >= 0.3 is 0 Å². The third-order valence-corrected chi connectivity index (χ3v) is 2.51. The van der Waals surface area contributed by atoms with Crippen molar-refractivity contribution in [2.45, 2.75) is 6.92 Å². The van der Waals surface area contributed by atoms with Crippen molar-refractivity contribution in [3.05, 3.63) is 29.3 Å². The molecule has 0 saturated heterocycles. The quantitative estimate of drug-likeness (QED) is 0.642. The van der Waals surface area contributed by atoms with E-state index in [1.165, 1.54) is 13.2 Å². The van der Waals surface area contributed by atoms with Gasteiger partial charge in [-0.25, -0.2) is 0 Å². The molecule has 0 aliphatic carbocycles. The van der Waals surface area contributed by atoms with Crippen molar-refractivity contribution in [1.82, 2.24) is 10.6 Å². The molecule has 1 aromatic rings. The van der Waals surface area contributed by atoms with Gasteiger partial charge in [0.15, 0.2) is 0 Å². The monoisotopic (exact) mass is 266 g/mol. The molecule has 6 heteroatoms. The number of phenolic OH excluding ortho intramolecular Hbond substituents is 1. The Morgan fingerprint density at radius 3 is 2.68 bits per heavy atom. The van der Waals surface area contributed by atoms with Gasteiger partial charge in [0.05, 0.1) is 13.2 Å². The van der Waals surface area contributed by atoms with Crippen LogP contribution < -0.4 is 10.6 Å². The second-order valence-corrected chi connectivity index (χ2v) is 4.03. The number of carbonyl (C=O) groups is 2. The molecule has 0 bridgehead atoms. The molecule has 0 fully saturated rings. The second kappa shape index (κ2) is 7.38. The van der Waals surface area contributed by atoms with Gasteiger partial charge in [-0.15, -0.1) is 0 Å². The molecule has 1 aromatic carbocycles. The number of methoxy groups -OCH3 is 1. The van der Waals surface area contributed by atoms with Gasteiger partial charge in [-0.05, 0) is 24.6 Å². The zero-order chi connectivity index (χ0) is 14.3. The Balaban J connectivity index is 2.42. The number of hydrogen-bond donors (Lipinski definition) is 3. The Labute approximate surface area is 111 Å². The largest absolute Gasteiger partial charge is 0.508 e.